The monoisotopic (exact) mass is 383 g/mol. The van der Waals surface area contributed by atoms with Gasteiger partial charge in [0.15, 0.2) is 5.96 Å². The summed E-state index contributed by atoms with van der Waals surface area (Å²) in [5.41, 5.74) is 2.49. The molecule has 1 aliphatic rings. The normalized spacial score (nSPS) is 16.5. The summed E-state index contributed by atoms with van der Waals surface area (Å²) in [6.07, 6.45) is 4.01. The van der Waals surface area contributed by atoms with Gasteiger partial charge in [0.2, 0.25) is 0 Å². The molecule has 0 amide bonds. The second-order valence-electron chi connectivity index (χ2n) is 7.43. The standard InChI is InChI=1S/C21H33N7/c1-5-22-21(23-16-20(25(2)3)18-15-24-26(4)17-18)28-13-11-27(12-14-28)19-9-7-6-8-10-19/h6-10,15,17,20H,5,11-14,16H2,1-4H3,(H,22,23). The van der Waals surface area contributed by atoms with Crippen LogP contribution in [0.15, 0.2) is 47.7 Å². The molecule has 1 unspecified atom stereocenters. The van der Waals surface area contributed by atoms with Crippen LogP contribution < -0.4 is 10.2 Å². The molecular weight excluding hydrogens is 350 g/mol. The van der Waals surface area contributed by atoms with Gasteiger partial charge in [-0.1, -0.05) is 18.2 Å². The van der Waals surface area contributed by atoms with E-state index in [1.165, 1.54) is 11.3 Å². The summed E-state index contributed by atoms with van der Waals surface area (Å²) in [7, 11) is 6.15. The Morgan fingerprint density at radius 1 is 1.18 bits per heavy atom. The zero-order valence-electron chi connectivity index (χ0n) is 17.5. The number of benzene rings is 1. The Labute approximate surface area is 168 Å². The summed E-state index contributed by atoms with van der Waals surface area (Å²) < 4.78 is 1.85. The molecule has 1 atom stereocenters. The van der Waals surface area contributed by atoms with Crippen LogP contribution in [0.3, 0.4) is 0 Å². The van der Waals surface area contributed by atoms with Gasteiger partial charge < -0.3 is 20.0 Å². The fourth-order valence-corrected chi connectivity index (χ4v) is 3.59. The number of aryl methyl sites for hydroxylation is 1. The van der Waals surface area contributed by atoms with Crippen LogP contribution in [-0.4, -0.2) is 78.9 Å². The van der Waals surface area contributed by atoms with Crippen LogP contribution in [0.1, 0.15) is 18.5 Å². The molecule has 7 nitrogen and oxygen atoms in total. The number of aromatic nitrogens is 2. The smallest absolute Gasteiger partial charge is 0.194 e. The van der Waals surface area contributed by atoms with E-state index in [-0.39, 0.29) is 6.04 Å². The van der Waals surface area contributed by atoms with Gasteiger partial charge in [-0.2, -0.15) is 5.10 Å². The average molecular weight is 384 g/mol. The van der Waals surface area contributed by atoms with Gasteiger partial charge in [0.25, 0.3) is 0 Å². The number of nitrogens with zero attached hydrogens (tertiary/aromatic N) is 6. The van der Waals surface area contributed by atoms with Crippen molar-refractivity contribution in [1.29, 1.82) is 0 Å². The third kappa shape index (κ3) is 5.04. The molecule has 0 radical (unpaired) electrons. The molecule has 0 aliphatic carbocycles. The number of anilines is 1. The van der Waals surface area contributed by atoms with Crippen LogP contribution in [0.2, 0.25) is 0 Å². The molecule has 1 aromatic heterocycles. The van der Waals surface area contributed by atoms with E-state index in [0.29, 0.717) is 6.54 Å². The molecular formula is C21H33N7. The van der Waals surface area contributed by atoms with Crippen molar-refractivity contribution in [2.24, 2.45) is 12.0 Å². The predicted octanol–water partition coefficient (Wildman–Crippen LogP) is 1.81. The topological polar surface area (TPSA) is 51.9 Å². The van der Waals surface area contributed by atoms with Gasteiger partial charge in [0, 0.05) is 57.2 Å². The minimum Gasteiger partial charge on any atom is -0.368 e. The van der Waals surface area contributed by atoms with E-state index >= 15 is 0 Å². The summed E-state index contributed by atoms with van der Waals surface area (Å²) in [5.74, 6) is 1.01. The van der Waals surface area contributed by atoms with Crippen molar-refractivity contribution in [3.8, 4) is 0 Å². The Balaban J connectivity index is 1.65. The van der Waals surface area contributed by atoms with Crippen LogP contribution >= 0.6 is 0 Å². The third-order valence-corrected chi connectivity index (χ3v) is 5.18. The van der Waals surface area contributed by atoms with Crippen molar-refractivity contribution in [2.75, 3.05) is 58.3 Å². The summed E-state index contributed by atoms with van der Waals surface area (Å²) in [4.78, 5) is 12.0. The fourth-order valence-electron chi connectivity index (χ4n) is 3.59. The largest absolute Gasteiger partial charge is 0.368 e. The van der Waals surface area contributed by atoms with Crippen LogP contribution in [0.5, 0.6) is 0 Å². The lowest BCUT2D eigenvalue weighted by molar-refractivity contribution is 0.303. The Morgan fingerprint density at radius 2 is 1.89 bits per heavy atom. The van der Waals surface area contributed by atoms with Gasteiger partial charge in [-0.05, 0) is 33.2 Å². The first-order valence-corrected chi connectivity index (χ1v) is 10.1. The van der Waals surface area contributed by atoms with Gasteiger partial charge in [0.05, 0.1) is 18.8 Å². The van der Waals surface area contributed by atoms with Gasteiger partial charge in [-0.15, -0.1) is 0 Å². The first-order chi connectivity index (χ1) is 13.6. The summed E-state index contributed by atoms with van der Waals surface area (Å²) >= 11 is 0. The molecule has 0 bridgehead atoms. The van der Waals surface area contributed by atoms with E-state index in [0.717, 1.165) is 38.7 Å². The fraction of sp³-hybridized carbons (Fsp3) is 0.524. The second kappa shape index (κ2) is 9.59. The molecule has 2 heterocycles. The zero-order valence-corrected chi connectivity index (χ0v) is 17.5. The van der Waals surface area contributed by atoms with E-state index in [9.17, 15) is 0 Å². The quantitative estimate of drug-likeness (QED) is 0.609. The van der Waals surface area contributed by atoms with E-state index in [2.05, 4.69) is 82.7 Å². The molecule has 1 saturated heterocycles. The molecule has 3 rings (SSSR count). The van der Waals surface area contributed by atoms with Crippen molar-refractivity contribution >= 4 is 11.6 Å². The van der Waals surface area contributed by atoms with Crippen molar-refractivity contribution < 1.29 is 0 Å². The number of guanidine groups is 1. The van der Waals surface area contributed by atoms with Gasteiger partial charge in [-0.3, -0.25) is 9.67 Å². The summed E-state index contributed by atoms with van der Waals surface area (Å²) in [6, 6.07) is 10.9. The van der Waals surface area contributed by atoms with E-state index in [4.69, 9.17) is 4.99 Å². The molecule has 1 aromatic carbocycles. The molecule has 2 aromatic rings. The van der Waals surface area contributed by atoms with Crippen molar-refractivity contribution in [3.63, 3.8) is 0 Å². The maximum absolute atomic E-state index is 4.98. The van der Waals surface area contributed by atoms with Crippen molar-refractivity contribution in [3.05, 3.63) is 48.3 Å². The molecule has 152 valence electrons. The number of hydrogen-bond donors (Lipinski definition) is 1. The Morgan fingerprint density at radius 3 is 2.46 bits per heavy atom. The number of piperazine rings is 1. The van der Waals surface area contributed by atoms with Crippen LogP contribution in [0.25, 0.3) is 0 Å². The minimum atomic E-state index is 0.216. The summed E-state index contributed by atoms with van der Waals surface area (Å²) in [6.45, 7) is 7.67. The molecule has 1 fully saturated rings. The minimum absolute atomic E-state index is 0.216. The molecule has 0 saturated carbocycles. The van der Waals surface area contributed by atoms with Gasteiger partial charge in [-0.25, -0.2) is 0 Å². The van der Waals surface area contributed by atoms with Crippen LogP contribution in [-0.2, 0) is 7.05 Å². The van der Waals surface area contributed by atoms with Gasteiger partial charge in [0.1, 0.15) is 0 Å². The maximum atomic E-state index is 4.98. The highest BCUT2D eigenvalue weighted by molar-refractivity contribution is 5.80. The number of aliphatic imine (C=N–C) groups is 1. The van der Waals surface area contributed by atoms with E-state index < -0.39 is 0 Å². The number of para-hydroxylation sites is 1. The highest BCUT2D eigenvalue weighted by Crippen LogP contribution is 2.19. The number of likely N-dealkylation sites (N-methyl/N-ethyl adjacent to an activating group) is 1. The number of nitrogens with one attached hydrogen (secondary N) is 1. The van der Waals surface area contributed by atoms with Crippen LogP contribution in [0, 0.1) is 0 Å². The molecule has 7 heteroatoms. The lowest BCUT2D eigenvalue weighted by Crippen LogP contribution is -2.52. The third-order valence-electron chi connectivity index (χ3n) is 5.18. The van der Waals surface area contributed by atoms with Gasteiger partial charge >= 0.3 is 0 Å². The van der Waals surface area contributed by atoms with Crippen molar-refractivity contribution in [1.82, 2.24) is 24.9 Å². The zero-order chi connectivity index (χ0) is 19.9. The number of rotatable bonds is 6. The lowest BCUT2D eigenvalue weighted by atomic mass is 10.1. The molecule has 1 N–H and O–H groups in total. The van der Waals surface area contributed by atoms with Crippen LogP contribution in [0.4, 0.5) is 5.69 Å². The lowest BCUT2D eigenvalue weighted by Gasteiger charge is -2.38. The Hall–Kier alpha value is -2.54. The number of hydrogen-bond acceptors (Lipinski definition) is 4. The molecule has 1 aliphatic heterocycles. The molecule has 0 spiro atoms. The highest BCUT2D eigenvalue weighted by Gasteiger charge is 2.21. The maximum Gasteiger partial charge on any atom is 0.194 e. The summed E-state index contributed by atoms with van der Waals surface area (Å²) in [5, 5.41) is 7.80. The van der Waals surface area contributed by atoms with E-state index in [1.54, 1.807) is 0 Å². The Kier molecular flexibility index (Phi) is 6.92. The first kappa shape index (κ1) is 20.2. The second-order valence-corrected chi connectivity index (χ2v) is 7.43. The predicted molar refractivity (Wildman–Crippen MR) is 116 cm³/mol. The SMILES string of the molecule is CCNC(=NCC(c1cnn(C)c1)N(C)C)N1CCN(c2ccccc2)CC1. The Bertz CT molecular complexity index is 745. The first-order valence-electron chi connectivity index (χ1n) is 10.1. The highest BCUT2D eigenvalue weighted by atomic mass is 15.3. The van der Waals surface area contributed by atoms with E-state index in [1.807, 2.05) is 17.9 Å². The van der Waals surface area contributed by atoms with Crippen molar-refractivity contribution in [2.45, 2.75) is 13.0 Å². The molecule has 28 heavy (non-hydrogen) atoms. The average Bonchev–Trinajstić information content (AvgIpc) is 3.14.